The quantitative estimate of drug-likeness (QED) is 0.674. The number of halogens is 6. The fourth-order valence-electron chi connectivity index (χ4n) is 1.69. The molecule has 0 aliphatic carbocycles. The minimum Gasteiger partial charge on any atom is -0.250 e. The lowest BCUT2D eigenvalue weighted by molar-refractivity contribution is -0.143. The van der Waals surface area contributed by atoms with Crippen LogP contribution < -0.4 is 5.43 Å². The van der Waals surface area contributed by atoms with Crippen LogP contribution in [0.5, 0.6) is 0 Å². The minimum absolute atomic E-state index is 0.0825. The first-order chi connectivity index (χ1) is 8.91. The van der Waals surface area contributed by atoms with E-state index in [2.05, 4.69) is 5.43 Å². The Balaban J connectivity index is 3.31. The van der Waals surface area contributed by atoms with Gasteiger partial charge in [0.15, 0.2) is 0 Å². The van der Waals surface area contributed by atoms with E-state index in [1.807, 2.05) is 0 Å². The average molecular weight is 300 g/mol. The van der Waals surface area contributed by atoms with Gasteiger partial charge in [-0.05, 0) is 30.7 Å². The highest BCUT2D eigenvalue weighted by Crippen LogP contribution is 2.37. The maximum absolute atomic E-state index is 12.7. The van der Waals surface area contributed by atoms with Gasteiger partial charge in [-0.3, -0.25) is 5.01 Å². The molecule has 1 aromatic rings. The molecule has 0 spiro atoms. The molecule has 0 saturated heterocycles. The first-order valence-corrected chi connectivity index (χ1v) is 5.64. The Hall–Kier alpha value is -1.28. The average Bonchev–Trinajstić information content (AvgIpc) is 2.25. The summed E-state index contributed by atoms with van der Waals surface area (Å²) in [6.45, 7) is 1.48. The van der Waals surface area contributed by atoms with Gasteiger partial charge in [0, 0.05) is 20.1 Å². The van der Waals surface area contributed by atoms with Crippen molar-refractivity contribution >= 4 is 0 Å². The van der Waals surface area contributed by atoms with Crippen LogP contribution in [0.2, 0.25) is 0 Å². The molecule has 0 amide bonds. The molecule has 0 heterocycles. The molecule has 0 bridgehead atoms. The number of hydrazine groups is 1. The van der Waals surface area contributed by atoms with Crippen LogP contribution in [0.4, 0.5) is 26.3 Å². The van der Waals surface area contributed by atoms with E-state index in [0.717, 1.165) is 12.1 Å². The number of alkyl halides is 6. The van der Waals surface area contributed by atoms with Gasteiger partial charge >= 0.3 is 12.4 Å². The van der Waals surface area contributed by atoms with E-state index in [4.69, 9.17) is 0 Å². The summed E-state index contributed by atoms with van der Waals surface area (Å²) < 4.78 is 76.0. The molecule has 20 heavy (non-hydrogen) atoms. The highest BCUT2D eigenvalue weighted by Gasteiger charge is 2.37. The zero-order chi connectivity index (χ0) is 15.7. The third-order valence-corrected chi connectivity index (χ3v) is 2.56. The Morgan fingerprint density at radius 3 is 1.60 bits per heavy atom. The van der Waals surface area contributed by atoms with E-state index in [9.17, 15) is 26.3 Å². The van der Waals surface area contributed by atoms with Crippen molar-refractivity contribution in [3.63, 3.8) is 0 Å². The number of nitrogens with one attached hydrogen (secondary N) is 1. The smallest absolute Gasteiger partial charge is 0.250 e. The van der Waals surface area contributed by atoms with Gasteiger partial charge in [-0.1, -0.05) is 0 Å². The SMILES string of the molecule is CC(NN(C)C)c1cc(C(F)(F)F)cc(C(F)(F)F)c1. The predicted octanol–water partition coefficient (Wildman–Crippen LogP) is 3.85. The molecular formula is C12H14F6N2. The Morgan fingerprint density at radius 2 is 1.30 bits per heavy atom. The summed E-state index contributed by atoms with van der Waals surface area (Å²) >= 11 is 0. The molecule has 1 aromatic carbocycles. The summed E-state index contributed by atoms with van der Waals surface area (Å²) in [5.74, 6) is 0. The van der Waals surface area contributed by atoms with Crippen molar-refractivity contribution < 1.29 is 26.3 Å². The lowest BCUT2D eigenvalue weighted by Gasteiger charge is -2.22. The number of nitrogens with zero attached hydrogens (tertiary/aromatic N) is 1. The number of hydrogen-bond donors (Lipinski definition) is 1. The molecule has 2 nitrogen and oxygen atoms in total. The summed E-state index contributed by atoms with van der Waals surface area (Å²) in [7, 11) is 3.18. The summed E-state index contributed by atoms with van der Waals surface area (Å²) in [5.41, 5.74) is 0.0115. The first kappa shape index (κ1) is 16.8. The van der Waals surface area contributed by atoms with E-state index in [1.165, 1.54) is 11.9 Å². The Kier molecular flexibility index (Phi) is 4.70. The van der Waals surface area contributed by atoms with Gasteiger partial charge in [0.25, 0.3) is 0 Å². The van der Waals surface area contributed by atoms with Crippen LogP contribution in [0.25, 0.3) is 0 Å². The molecule has 1 rings (SSSR count). The maximum Gasteiger partial charge on any atom is 0.416 e. The van der Waals surface area contributed by atoms with E-state index in [1.54, 1.807) is 14.1 Å². The van der Waals surface area contributed by atoms with E-state index >= 15 is 0 Å². The molecule has 0 fully saturated rings. The van der Waals surface area contributed by atoms with Crippen LogP contribution in [-0.4, -0.2) is 19.1 Å². The molecule has 0 aliphatic rings. The lowest BCUT2D eigenvalue weighted by atomic mass is 10.0. The van der Waals surface area contributed by atoms with E-state index in [0.29, 0.717) is 0 Å². The molecule has 0 radical (unpaired) electrons. The van der Waals surface area contributed by atoms with Gasteiger partial charge in [-0.15, -0.1) is 0 Å². The predicted molar refractivity (Wildman–Crippen MR) is 61.7 cm³/mol. The molecule has 114 valence electrons. The Morgan fingerprint density at radius 1 is 0.900 bits per heavy atom. The summed E-state index contributed by atoms with van der Waals surface area (Å²) in [6, 6.07) is 0.868. The monoisotopic (exact) mass is 300 g/mol. The van der Waals surface area contributed by atoms with Gasteiger partial charge in [-0.2, -0.15) is 26.3 Å². The van der Waals surface area contributed by atoms with Gasteiger partial charge < -0.3 is 0 Å². The maximum atomic E-state index is 12.7. The van der Waals surface area contributed by atoms with Gasteiger partial charge in [0.05, 0.1) is 11.1 Å². The second kappa shape index (κ2) is 5.61. The second-order valence-corrected chi connectivity index (χ2v) is 4.58. The fraction of sp³-hybridized carbons (Fsp3) is 0.500. The van der Waals surface area contributed by atoms with Gasteiger partial charge in [0.2, 0.25) is 0 Å². The summed E-state index contributed by atoms with van der Waals surface area (Å²) in [6.07, 6.45) is -9.65. The topological polar surface area (TPSA) is 15.3 Å². The second-order valence-electron chi connectivity index (χ2n) is 4.58. The largest absolute Gasteiger partial charge is 0.416 e. The van der Waals surface area contributed by atoms with Crippen molar-refractivity contribution in [1.29, 1.82) is 0 Å². The summed E-state index contributed by atoms with van der Waals surface area (Å²) in [4.78, 5) is 0. The van der Waals surface area contributed by atoms with Crippen molar-refractivity contribution in [2.24, 2.45) is 0 Å². The highest BCUT2D eigenvalue weighted by molar-refractivity contribution is 5.35. The van der Waals surface area contributed by atoms with Crippen molar-refractivity contribution in [1.82, 2.24) is 10.4 Å². The fourth-order valence-corrected chi connectivity index (χ4v) is 1.69. The molecule has 1 N–H and O–H groups in total. The van der Waals surface area contributed by atoms with Crippen molar-refractivity contribution in [2.75, 3.05) is 14.1 Å². The van der Waals surface area contributed by atoms with Crippen LogP contribution in [0, 0.1) is 0 Å². The number of rotatable bonds is 3. The lowest BCUT2D eigenvalue weighted by Crippen LogP contribution is -2.33. The minimum atomic E-state index is -4.83. The van der Waals surface area contributed by atoms with Gasteiger partial charge in [-0.25, -0.2) is 5.43 Å². The molecular weight excluding hydrogens is 286 g/mol. The number of hydrogen-bond acceptors (Lipinski definition) is 2. The van der Waals surface area contributed by atoms with Crippen molar-refractivity contribution in [3.05, 3.63) is 34.9 Å². The highest BCUT2D eigenvalue weighted by atomic mass is 19.4. The first-order valence-electron chi connectivity index (χ1n) is 5.64. The number of benzene rings is 1. The molecule has 0 aromatic heterocycles. The Labute approximate surface area is 112 Å². The molecule has 1 unspecified atom stereocenters. The zero-order valence-electron chi connectivity index (χ0n) is 11.0. The molecule has 0 saturated carbocycles. The molecule has 1 atom stereocenters. The van der Waals surface area contributed by atoms with Crippen LogP contribution in [0.15, 0.2) is 18.2 Å². The summed E-state index contributed by atoms with van der Waals surface area (Å²) in [5, 5.41) is 1.46. The van der Waals surface area contributed by atoms with Crippen LogP contribution >= 0.6 is 0 Å². The van der Waals surface area contributed by atoms with Crippen LogP contribution in [0.1, 0.15) is 29.7 Å². The van der Waals surface area contributed by atoms with Crippen LogP contribution in [-0.2, 0) is 12.4 Å². The third-order valence-electron chi connectivity index (χ3n) is 2.56. The van der Waals surface area contributed by atoms with Gasteiger partial charge in [0.1, 0.15) is 0 Å². The molecule has 8 heteroatoms. The molecule has 0 aliphatic heterocycles. The van der Waals surface area contributed by atoms with E-state index < -0.39 is 29.5 Å². The van der Waals surface area contributed by atoms with E-state index in [-0.39, 0.29) is 11.6 Å². The van der Waals surface area contributed by atoms with Crippen molar-refractivity contribution in [3.8, 4) is 0 Å². The Bertz CT molecular complexity index is 432. The third kappa shape index (κ3) is 4.38. The normalized spacial score (nSPS) is 14.7. The van der Waals surface area contributed by atoms with Crippen LogP contribution in [0.3, 0.4) is 0 Å². The zero-order valence-corrected chi connectivity index (χ0v) is 11.0. The van der Waals surface area contributed by atoms with Crippen molar-refractivity contribution in [2.45, 2.75) is 25.3 Å². The standard InChI is InChI=1S/C12H14F6N2/c1-7(19-20(2)3)8-4-9(11(13,14)15)6-10(5-8)12(16,17)18/h4-7,19H,1-3H3.